The number of carbonyl (C=O) groups excluding carboxylic acids is 1. The van der Waals surface area contributed by atoms with Crippen molar-refractivity contribution in [2.75, 3.05) is 13.2 Å². The van der Waals surface area contributed by atoms with Crippen LogP contribution in [0.1, 0.15) is 52.9 Å². The summed E-state index contributed by atoms with van der Waals surface area (Å²) in [7, 11) is 0. The number of hydrogen-bond acceptors (Lipinski definition) is 3. The van der Waals surface area contributed by atoms with Crippen LogP contribution in [0.25, 0.3) is 0 Å². The lowest BCUT2D eigenvalue weighted by Gasteiger charge is -2.26. The highest BCUT2D eigenvalue weighted by Gasteiger charge is 2.35. The number of hydrogen-bond donors (Lipinski definition) is 0. The fraction of sp³-hybridized carbons (Fsp3) is 0.923. The molecule has 1 fully saturated rings. The van der Waals surface area contributed by atoms with E-state index in [4.69, 9.17) is 9.47 Å². The third-order valence-electron chi connectivity index (χ3n) is 3.18. The molecule has 1 heterocycles. The van der Waals surface area contributed by atoms with Crippen molar-refractivity contribution in [1.29, 1.82) is 0 Å². The molecule has 3 nitrogen and oxygen atoms in total. The predicted octanol–water partition coefficient (Wildman–Crippen LogP) is 2.93. The van der Waals surface area contributed by atoms with E-state index in [1.165, 1.54) is 0 Å². The molecule has 94 valence electrons. The molecule has 3 heteroatoms. The van der Waals surface area contributed by atoms with Gasteiger partial charge < -0.3 is 9.47 Å². The van der Waals surface area contributed by atoms with Gasteiger partial charge in [0.2, 0.25) is 0 Å². The highest BCUT2D eigenvalue weighted by molar-refractivity contribution is 5.76. The Kier molecular flexibility index (Phi) is 5.26. The third kappa shape index (κ3) is 4.12. The lowest BCUT2D eigenvalue weighted by molar-refractivity contribution is -0.156. The average Bonchev–Trinajstić information content (AvgIpc) is 3.07. The maximum Gasteiger partial charge on any atom is 0.311 e. The van der Waals surface area contributed by atoms with Gasteiger partial charge in [-0.1, -0.05) is 33.1 Å². The monoisotopic (exact) mass is 228 g/mol. The number of unbranched alkanes of at least 4 members (excludes halogenated alkanes) is 1. The molecule has 0 radical (unpaired) electrons. The molecular formula is C13H24O3. The number of ether oxygens (including phenoxy) is 2. The average molecular weight is 228 g/mol. The topological polar surface area (TPSA) is 38.8 Å². The van der Waals surface area contributed by atoms with Gasteiger partial charge in [-0.2, -0.15) is 0 Å². The number of esters is 1. The fourth-order valence-electron chi connectivity index (χ4n) is 1.95. The van der Waals surface area contributed by atoms with Gasteiger partial charge in [-0.15, -0.1) is 0 Å². The largest absolute Gasteiger partial charge is 0.462 e. The Hall–Kier alpha value is -0.570. The second kappa shape index (κ2) is 6.24. The molecule has 1 aliphatic rings. The van der Waals surface area contributed by atoms with Crippen LogP contribution >= 0.6 is 0 Å². The maximum atomic E-state index is 12.0. The molecule has 0 aromatic rings. The Morgan fingerprint density at radius 1 is 1.38 bits per heavy atom. The molecule has 1 saturated heterocycles. The van der Waals surface area contributed by atoms with E-state index in [2.05, 4.69) is 13.8 Å². The third-order valence-corrected chi connectivity index (χ3v) is 3.18. The SMILES string of the molecule is CCCCC(C)(CCC)C(=O)OCC1CO1. The van der Waals surface area contributed by atoms with E-state index >= 15 is 0 Å². The van der Waals surface area contributed by atoms with E-state index in [1.807, 2.05) is 6.92 Å². The van der Waals surface area contributed by atoms with Gasteiger partial charge in [0.05, 0.1) is 12.0 Å². The molecule has 0 amide bonds. The van der Waals surface area contributed by atoms with Crippen molar-refractivity contribution in [3.8, 4) is 0 Å². The van der Waals surface area contributed by atoms with E-state index in [9.17, 15) is 4.79 Å². The van der Waals surface area contributed by atoms with Gasteiger partial charge in [0, 0.05) is 0 Å². The summed E-state index contributed by atoms with van der Waals surface area (Å²) in [4.78, 5) is 12.0. The van der Waals surface area contributed by atoms with Crippen LogP contribution in [-0.2, 0) is 14.3 Å². The van der Waals surface area contributed by atoms with Crippen molar-refractivity contribution in [3.63, 3.8) is 0 Å². The number of carbonyl (C=O) groups is 1. The van der Waals surface area contributed by atoms with Crippen molar-refractivity contribution in [2.24, 2.45) is 5.41 Å². The molecule has 0 saturated carbocycles. The first kappa shape index (κ1) is 13.5. The molecule has 16 heavy (non-hydrogen) atoms. The minimum absolute atomic E-state index is 0.0432. The van der Waals surface area contributed by atoms with E-state index in [1.54, 1.807) is 0 Å². The zero-order chi connectivity index (χ0) is 12.0. The summed E-state index contributed by atoms with van der Waals surface area (Å²) >= 11 is 0. The van der Waals surface area contributed by atoms with Crippen LogP contribution in [-0.4, -0.2) is 25.3 Å². The minimum Gasteiger partial charge on any atom is -0.462 e. The molecule has 0 aromatic heterocycles. The summed E-state index contributed by atoms with van der Waals surface area (Å²) in [5.74, 6) is -0.0432. The van der Waals surface area contributed by atoms with Gasteiger partial charge in [-0.3, -0.25) is 4.79 Å². The van der Waals surface area contributed by atoms with Crippen LogP contribution < -0.4 is 0 Å². The lowest BCUT2D eigenvalue weighted by Crippen LogP contribution is -2.31. The smallest absolute Gasteiger partial charge is 0.311 e. The molecule has 1 rings (SSSR count). The Bertz CT molecular complexity index is 223. The summed E-state index contributed by atoms with van der Waals surface area (Å²) in [5, 5.41) is 0. The number of rotatable bonds is 8. The van der Waals surface area contributed by atoms with Gasteiger partial charge in [-0.05, 0) is 19.8 Å². The fourth-order valence-corrected chi connectivity index (χ4v) is 1.95. The van der Waals surface area contributed by atoms with Crippen molar-refractivity contribution < 1.29 is 14.3 Å². The molecule has 2 unspecified atom stereocenters. The normalized spacial score (nSPS) is 22.6. The summed E-state index contributed by atoms with van der Waals surface area (Å²) in [6.45, 7) is 7.47. The van der Waals surface area contributed by atoms with Gasteiger partial charge in [0.25, 0.3) is 0 Å². The first-order valence-corrected chi connectivity index (χ1v) is 6.41. The molecule has 0 aromatic carbocycles. The summed E-state index contributed by atoms with van der Waals surface area (Å²) < 4.78 is 10.4. The lowest BCUT2D eigenvalue weighted by atomic mass is 9.81. The van der Waals surface area contributed by atoms with Crippen molar-refractivity contribution in [2.45, 2.75) is 59.0 Å². The van der Waals surface area contributed by atoms with Crippen LogP contribution in [0.3, 0.4) is 0 Å². The van der Waals surface area contributed by atoms with E-state index < -0.39 is 0 Å². The zero-order valence-corrected chi connectivity index (χ0v) is 10.8. The van der Waals surface area contributed by atoms with E-state index in [0.717, 1.165) is 38.7 Å². The molecule has 0 N–H and O–H groups in total. The maximum absolute atomic E-state index is 12.0. The second-order valence-corrected chi connectivity index (χ2v) is 4.97. The quantitative estimate of drug-likeness (QED) is 0.473. The van der Waals surface area contributed by atoms with Crippen LogP contribution in [0.15, 0.2) is 0 Å². The first-order valence-electron chi connectivity index (χ1n) is 6.41. The second-order valence-electron chi connectivity index (χ2n) is 4.97. The van der Waals surface area contributed by atoms with Gasteiger partial charge >= 0.3 is 5.97 Å². The Morgan fingerprint density at radius 3 is 2.56 bits per heavy atom. The predicted molar refractivity (Wildman–Crippen MR) is 63.2 cm³/mol. The zero-order valence-electron chi connectivity index (χ0n) is 10.8. The highest BCUT2D eigenvalue weighted by atomic mass is 16.6. The molecule has 0 bridgehead atoms. The van der Waals surface area contributed by atoms with E-state index in [0.29, 0.717) is 6.61 Å². The molecule has 0 spiro atoms. The molecular weight excluding hydrogens is 204 g/mol. The number of epoxide rings is 1. The van der Waals surface area contributed by atoms with Crippen molar-refractivity contribution in [1.82, 2.24) is 0 Å². The van der Waals surface area contributed by atoms with Crippen molar-refractivity contribution in [3.05, 3.63) is 0 Å². The molecule has 2 atom stereocenters. The minimum atomic E-state index is -0.292. The van der Waals surface area contributed by atoms with Crippen LogP contribution in [0.2, 0.25) is 0 Å². The Balaban J connectivity index is 2.40. The Labute approximate surface area is 98.5 Å². The first-order chi connectivity index (χ1) is 7.62. The van der Waals surface area contributed by atoms with Gasteiger partial charge in [-0.25, -0.2) is 0 Å². The standard InChI is InChI=1S/C13H24O3/c1-4-6-8-13(3,7-5-2)12(14)16-10-11-9-15-11/h11H,4-10H2,1-3H3. The van der Waals surface area contributed by atoms with Gasteiger partial charge in [0.15, 0.2) is 0 Å². The molecule has 0 aliphatic carbocycles. The Morgan fingerprint density at radius 2 is 2.06 bits per heavy atom. The summed E-state index contributed by atoms with van der Waals surface area (Å²) in [6, 6.07) is 0. The van der Waals surface area contributed by atoms with Crippen molar-refractivity contribution >= 4 is 5.97 Å². The van der Waals surface area contributed by atoms with Crippen LogP contribution in [0.4, 0.5) is 0 Å². The van der Waals surface area contributed by atoms with Crippen LogP contribution in [0, 0.1) is 5.41 Å². The van der Waals surface area contributed by atoms with E-state index in [-0.39, 0.29) is 17.5 Å². The van der Waals surface area contributed by atoms with Gasteiger partial charge in [0.1, 0.15) is 12.7 Å². The highest BCUT2D eigenvalue weighted by Crippen LogP contribution is 2.31. The summed E-state index contributed by atoms with van der Waals surface area (Å²) in [5.41, 5.74) is -0.292. The van der Waals surface area contributed by atoms with Crippen LogP contribution in [0.5, 0.6) is 0 Å². The summed E-state index contributed by atoms with van der Waals surface area (Å²) in [6.07, 6.45) is 5.25. The molecule has 1 aliphatic heterocycles.